The molecule has 37 heavy (non-hydrogen) atoms. The number of sulfonamides is 1. The van der Waals surface area contributed by atoms with E-state index >= 15 is 0 Å². The van der Waals surface area contributed by atoms with Gasteiger partial charge in [0, 0.05) is 37.3 Å². The lowest BCUT2D eigenvalue weighted by atomic mass is 10.0. The molecule has 0 fully saturated rings. The van der Waals surface area contributed by atoms with E-state index in [9.17, 15) is 13.2 Å². The first kappa shape index (κ1) is 26.1. The SMILES string of the molecule is COCCn1c(=NC(=O)c2ccc(S(=O)(=O)N3CCc4ccccc4C3)cc2)sc2cc(Cl)cc(Cl)c21. The number of carbonyl (C=O) groups is 1. The van der Waals surface area contributed by atoms with Gasteiger partial charge in [0.15, 0.2) is 4.80 Å². The quantitative estimate of drug-likeness (QED) is 0.318. The van der Waals surface area contributed by atoms with Crippen molar-refractivity contribution in [3.63, 3.8) is 0 Å². The van der Waals surface area contributed by atoms with Gasteiger partial charge in [-0.2, -0.15) is 9.30 Å². The Hall–Kier alpha value is -2.53. The molecule has 11 heteroatoms. The molecule has 192 valence electrons. The zero-order chi connectivity index (χ0) is 26.2. The smallest absolute Gasteiger partial charge is 0.279 e. The predicted molar refractivity (Wildman–Crippen MR) is 146 cm³/mol. The van der Waals surface area contributed by atoms with E-state index < -0.39 is 15.9 Å². The highest BCUT2D eigenvalue weighted by molar-refractivity contribution is 7.89. The molecule has 4 aromatic rings. The fourth-order valence-electron chi connectivity index (χ4n) is 4.35. The Balaban J connectivity index is 1.43. The van der Waals surface area contributed by atoms with Crippen LogP contribution in [0.15, 0.2) is 70.6 Å². The summed E-state index contributed by atoms with van der Waals surface area (Å²) in [4.78, 5) is 18.0. The number of fused-ring (bicyclic) bond motifs is 2. The van der Waals surface area contributed by atoms with Gasteiger partial charge in [-0.15, -0.1) is 0 Å². The highest BCUT2D eigenvalue weighted by Crippen LogP contribution is 2.30. The molecule has 0 saturated carbocycles. The van der Waals surface area contributed by atoms with Crippen LogP contribution in [-0.4, -0.2) is 43.5 Å². The third kappa shape index (κ3) is 5.25. The van der Waals surface area contributed by atoms with Crippen LogP contribution in [-0.2, 0) is 34.3 Å². The van der Waals surface area contributed by atoms with Gasteiger partial charge in [-0.25, -0.2) is 8.42 Å². The van der Waals surface area contributed by atoms with Crippen LogP contribution in [0.4, 0.5) is 0 Å². The number of carbonyl (C=O) groups excluding carboxylic acids is 1. The number of methoxy groups -OCH3 is 1. The summed E-state index contributed by atoms with van der Waals surface area (Å²) < 4.78 is 35.8. The maximum Gasteiger partial charge on any atom is 0.279 e. The fraction of sp³-hybridized carbons (Fsp3) is 0.231. The second kappa shape index (κ2) is 10.7. The summed E-state index contributed by atoms with van der Waals surface area (Å²) in [6.07, 6.45) is 0.665. The minimum absolute atomic E-state index is 0.141. The van der Waals surface area contributed by atoms with E-state index in [-0.39, 0.29) is 10.5 Å². The summed E-state index contributed by atoms with van der Waals surface area (Å²) >= 11 is 13.9. The second-order valence-electron chi connectivity index (χ2n) is 8.56. The molecule has 0 bridgehead atoms. The number of benzene rings is 3. The lowest BCUT2D eigenvalue weighted by Gasteiger charge is -2.28. The van der Waals surface area contributed by atoms with Crippen molar-refractivity contribution in [1.82, 2.24) is 8.87 Å². The molecule has 1 aliphatic rings. The second-order valence-corrected chi connectivity index (χ2v) is 12.4. The maximum absolute atomic E-state index is 13.3. The van der Waals surface area contributed by atoms with Crippen LogP contribution in [0.1, 0.15) is 21.5 Å². The van der Waals surface area contributed by atoms with Crippen LogP contribution in [0.3, 0.4) is 0 Å². The Morgan fingerprint density at radius 3 is 2.54 bits per heavy atom. The zero-order valence-electron chi connectivity index (χ0n) is 19.9. The first-order chi connectivity index (χ1) is 17.8. The topological polar surface area (TPSA) is 81.0 Å². The van der Waals surface area contributed by atoms with Crippen molar-refractivity contribution in [2.24, 2.45) is 4.99 Å². The fourth-order valence-corrected chi connectivity index (χ4v) is 7.61. The van der Waals surface area contributed by atoms with Crippen LogP contribution in [0, 0.1) is 0 Å². The highest BCUT2D eigenvalue weighted by Gasteiger charge is 2.28. The van der Waals surface area contributed by atoms with Crippen LogP contribution >= 0.6 is 34.5 Å². The molecule has 7 nitrogen and oxygen atoms in total. The Kier molecular flexibility index (Phi) is 7.53. The van der Waals surface area contributed by atoms with Gasteiger partial charge in [-0.3, -0.25) is 4.79 Å². The van der Waals surface area contributed by atoms with Crippen molar-refractivity contribution >= 4 is 60.7 Å². The summed E-state index contributed by atoms with van der Waals surface area (Å²) in [6, 6.07) is 17.2. The van der Waals surface area contributed by atoms with Crippen molar-refractivity contribution < 1.29 is 17.9 Å². The number of halogens is 2. The first-order valence-electron chi connectivity index (χ1n) is 11.5. The van der Waals surface area contributed by atoms with Gasteiger partial charge >= 0.3 is 0 Å². The summed E-state index contributed by atoms with van der Waals surface area (Å²) in [5.41, 5.74) is 3.19. The molecule has 1 aromatic heterocycles. The number of hydrogen-bond acceptors (Lipinski definition) is 5. The van der Waals surface area contributed by atoms with E-state index in [0.29, 0.717) is 47.5 Å². The summed E-state index contributed by atoms with van der Waals surface area (Å²) in [6.45, 7) is 1.59. The minimum Gasteiger partial charge on any atom is -0.383 e. The normalized spacial score (nSPS) is 14.7. The number of thiazole rings is 1. The van der Waals surface area contributed by atoms with Crippen molar-refractivity contribution in [2.45, 2.75) is 24.4 Å². The van der Waals surface area contributed by atoms with Crippen LogP contribution in [0.25, 0.3) is 10.2 Å². The molecule has 0 radical (unpaired) electrons. The van der Waals surface area contributed by atoms with Crippen LogP contribution in [0.5, 0.6) is 0 Å². The van der Waals surface area contributed by atoms with Gasteiger partial charge in [-0.1, -0.05) is 58.8 Å². The number of ether oxygens (including phenoxy) is 1. The zero-order valence-corrected chi connectivity index (χ0v) is 23.0. The average Bonchev–Trinajstić information content (AvgIpc) is 3.23. The summed E-state index contributed by atoms with van der Waals surface area (Å²) in [5.74, 6) is -0.490. The van der Waals surface area contributed by atoms with Gasteiger partial charge in [0.25, 0.3) is 5.91 Å². The number of amides is 1. The van der Waals surface area contributed by atoms with Crippen LogP contribution in [0.2, 0.25) is 10.0 Å². The molecule has 0 aliphatic carbocycles. The largest absolute Gasteiger partial charge is 0.383 e. The molecule has 1 aliphatic heterocycles. The van der Waals surface area contributed by atoms with E-state index in [1.54, 1.807) is 19.2 Å². The average molecular weight is 577 g/mol. The van der Waals surface area contributed by atoms with Crippen molar-refractivity contribution in [3.8, 4) is 0 Å². The summed E-state index contributed by atoms with van der Waals surface area (Å²) in [7, 11) is -2.11. The van der Waals surface area contributed by atoms with Crippen molar-refractivity contribution in [2.75, 3.05) is 20.3 Å². The number of hydrogen-bond donors (Lipinski definition) is 0. The Bertz CT molecular complexity index is 1660. The van der Waals surface area contributed by atoms with Gasteiger partial charge in [0.1, 0.15) is 0 Å². The third-order valence-corrected chi connectivity index (χ3v) is 9.64. The Morgan fingerprint density at radius 2 is 1.81 bits per heavy atom. The molecule has 1 amide bonds. The highest BCUT2D eigenvalue weighted by atomic mass is 35.5. The minimum atomic E-state index is -3.70. The summed E-state index contributed by atoms with van der Waals surface area (Å²) in [5, 5.41) is 0.947. The lowest BCUT2D eigenvalue weighted by molar-refractivity contribution is 0.0997. The molecular formula is C26H23Cl2N3O4S2. The van der Waals surface area contributed by atoms with Crippen molar-refractivity contribution in [3.05, 3.63) is 92.2 Å². The molecule has 3 aromatic carbocycles. The molecule has 2 heterocycles. The third-order valence-electron chi connectivity index (χ3n) is 6.25. The predicted octanol–water partition coefficient (Wildman–Crippen LogP) is 5.14. The Morgan fingerprint density at radius 1 is 1.08 bits per heavy atom. The maximum atomic E-state index is 13.3. The molecular weight excluding hydrogens is 553 g/mol. The molecule has 0 spiro atoms. The van der Waals surface area contributed by atoms with E-state index in [1.165, 1.54) is 45.5 Å². The van der Waals surface area contributed by atoms with E-state index in [0.717, 1.165) is 15.8 Å². The molecule has 0 N–H and O–H groups in total. The molecule has 0 saturated heterocycles. The number of rotatable bonds is 6. The van der Waals surface area contributed by atoms with Gasteiger partial charge in [0.2, 0.25) is 10.0 Å². The van der Waals surface area contributed by atoms with E-state index in [4.69, 9.17) is 27.9 Å². The van der Waals surface area contributed by atoms with Crippen molar-refractivity contribution in [1.29, 1.82) is 0 Å². The number of nitrogens with zero attached hydrogens (tertiary/aromatic N) is 3. The lowest BCUT2D eigenvalue weighted by Crippen LogP contribution is -2.35. The molecule has 0 atom stereocenters. The number of aromatic nitrogens is 1. The van der Waals surface area contributed by atoms with E-state index in [2.05, 4.69) is 4.99 Å². The van der Waals surface area contributed by atoms with Crippen LogP contribution < -0.4 is 4.80 Å². The molecule has 5 rings (SSSR count). The van der Waals surface area contributed by atoms with Gasteiger partial charge in [-0.05, 0) is 53.9 Å². The van der Waals surface area contributed by atoms with Gasteiger partial charge in [0.05, 0.1) is 26.7 Å². The molecule has 0 unspecified atom stereocenters. The standard InChI is InChI=1S/C26H23Cl2N3O4S2/c1-35-13-12-31-24-22(28)14-20(27)15-23(24)36-26(31)29-25(32)18-6-8-21(9-7-18)37(33,34)30-11-10-17-4-2-3-5-19(17)16-30/h2-9,14-15H,10-13,16H2,1H3. The monoisotopic (exact) mass is 575 g/mol. The van der Waals surface area contributed by atoms with E-state index in [1.807, 2.05) is 28.8 Å². The first-order valence-corrected chi connectivity index (χ1v) is 14.5. The van der Waals surface area contributed by atoms with Gasteiger partial charge < -0.3 is 9.30 Å². The Labute approximate surface area is 228 Å².